The van der Waals surface area contributed by atoms with Crippen LogP contribution in [0.25, 0.3) is 0 Å². The van der Waals surface area contributed by atoms with E-state index in [4.69, 9.17) is 11.6 Å². The van der Waals surface area contributed by atoms with Crippen molar-refractivity contribution in [2.24, 2.45) is 5.92 Å². The predicted molar refractivity (Wildman–Crippen MR) is 79.4 cm³/mol. The zero-order valence-electron chi connectivity index (χ0n) is 11.4. The molecule has 1 aromatic rings. The van der Waals surface area contributed by atoms with Gasteiger partial charge in [-0.1, -0.05) is 31.0 Å². The maximum atomic E-state index is 6.16. The van der Waals surface area contributed by atoms with Crippen molar-refractivity contribution in [1.29, 1.82) is 0 Å². The van der Waals surface area contributed by atoms with Gasteiger partial charge in [0.1, 0.15) is 0 Å². The van der Waals surface area contributed by atoms with Crippen LogP contribution in [0.3, 0.4) is 0 Å². The Hall–Kier alpha value is -0.730. The Labute approximate surface area is 115 Å². The van der Waals surface area contributed by atoms with Gasteiger partial charge in [-0.25, -0.2) is 0 Å². The van der Waals surface area contributed by atoms with E-state index in [1.165, 1.54) is 37.1 Å². The lowest BCUT2D eigenvalue weighted by Crippen LogP contribution is -2.36. The second kappa shape index (κ2) is 6.44. The first kappa shape index (κ1) is 13.7. The van der Waals surface area contributed by atoms with Crippen LogP contribution in [0.5, 0.6) is 0 Å². The second-order valence-electron chi connectivity index (χ2n) is 5.17. The maximum absolute atomic E-state index is 6.16. The summed E-state index contributed by atoms with van der Waals surface area (Å²) in [6.07, 6.45) is 3.94. The molecular formula is C15H23ClN2. The van der Waals surface area contributed by atoms with Crippen molar-refractivity contribution in [3.05, 3.63) is 28.8 Å². The third kappa shape index (κ3) is 3.18. The first-order valence-corrected chi connectivity index (χ1v) is 7.30. The molecule has 0 radical (unpaired) electrons. The number of piperidine rings is 1. The Morgan fingerprint density at radius 2 is 2.28 bits per heavy atom. The third-order valence-corrected chi connectivity index (χ3v) is 4.09. The lowest BCUT2D eigenvalue weighted by atomic mass is 9.94. The number of nitrogens with zero attached hydrogens (tertiary/aromatic N) is 1. The monoisotopic (exact) mass is 266 g/mol. The van der Waals surface area contributed by atoms with Crippen LogP contribution in [0.4, 0.5) is 5.69 Å². The van der Waals surface area contributed by atoms with Gasteiger partial charge in [0.2, 0.25) is 0 Å². The van der Waals surface area contributed by atoms with Gasteiger partial charge in [0.15, 0.2) is 0 Å². The average molecular weight is 267 g/mol. The molecule has 0 aliphatic carbocycles. The van der Waals surface area contributed by atoms with Crippen molar-refractivity contribution in [3.8, 4) is 0 Å². The van der Waals surface area contributed by atoms with E-state index in [0.29, 0.717) is 0 Å². The van der Waals surface area contributed by atoms with Gasteiger partial charge in [0.25, 0.3) is 0 Å². The average Bonchev–Trinajstić information content (AvgIpc) is 2.41. The molecule has 1 heterocycles. The van der Waals surface area contributed by atoms with E-state index in [9.17, 15) is 0 Å². The number of halogens is 1. The summed E-state index contributed by atoms with van der Waals surface area (Å²) in [5, 5.41) is 4.07. The number of hydrogen-bond donors (Lipinski definition) is 1. The summed E-state index contributed by atoms with van der Waals surface area (Å²) in [6.45, 7) is 5.53. The molecule has 2 nitrogen and oxygen atoms in total. The van der Waals surface area contributed by atoms with Crippen LogP contribution < -0.4 is 10.2 Å². The van der Waals surface area contributed by atoms with Crippen LogP contribution in [0.15, 0.2) is 18.2 Å². The van der Waals surface area contributed by atoms with Gasteiger partial charge in [0.05, 0.1) is 0 Å². The Kier molecular flexibility index (Phi) is 4.90. The molecule has 0 saturated carbocycles. The van der Waals surface area contributed by atoms with E-state index >= 15 is 0 Å². The van der Waals surface area contributed by atoms with Gasteiger partial charge >= 0.3 is 0 Å². The lowest BCUT2D eigenvalue weighted by molar-refractivity contribution is 0.404. The molecule has 3 heteroatoms. The largest absolute Gasteiger partial charge is 0.371 e. The molecule has 1 aliphatic rings. The summed E-state index contributed by atoms with van der Waals surface area (Å²) in [7, 11) is 1.99. The molecule has 0 spiro atoms. The molecule has 0 aromatic heterocycles. The van der Waals surface area contributed by atoms with Gasteiger partial charge in [0, 0.05) is 30.3 Å². The number of nitrogens with one attached hydrogen (secondary N) is 1. The van der Waals surface area contributed by atoms with Crippen molar-refractivity contribution in [3.63, 3.8) is 0 Å². The summed E-state index contributed by atoms with van der Waals surface area (Å²) >= 11 is 6.16. The maximum Gasteiger partial charge on any atom is 0.0426 e. The van der Waals surface area contributed by atoms with E-state index in [0.717, 1.165) is 24.0 Å². The Balaban J connectivity index is 2.22. The van der Waals surface area contributed by atoms with E-state index in [2.05, 4.69) is 29.3 Å². The number of benzene rings is 1. The van der Waals surface area contributed by atoms with Gasteiger partial charge < -0.3 is 10.2 Å². The molecule has 1 fully saturated rings. The summed E-state index contributed by atoms with van der Waals surface area (Å²) in [5.74, 6) is 0.833. The summed E-state index contributed by atoms with van der Waals surface area (Å²) < 4.78 is 0. The molecule has 0 amide bonds. The van der Waals surface area contributed by atoms with Gasteiger partial charge in [-0.3, -0.25) is 0 Å². The van der Waals surface area contributed by atoms with E-state index in [1.807, 2.05) is 13.1 Å². The molecule has 1 aliphatic heterocycles. The van der Waals surface area contributed by atoms with Crippen LogP contribution in [0.1, 0.15) is 31.7 Å². The van der Waals surface area contributed by atoms with Crippen molar-refractivity contribution in [2.75, 3.05) is 25.0 Å². The molecule has 18 heavy (non-hydrogen) atoms. The van der Waals surface area contributed by atoms with Crippen molar-refractivity contribution in [1.82, 2.24) is 5.32 Å². The third-order valence-electron chi connectivity index (χ3n) is 3.85. The Morgan fingerprint density at radius 3 is 3.00 bits per heavy atom. The zero-order chi connectivity index (χ0) is 13.0. The predicted octanol–water partition coefficient (Wildman–Crippen LogP) is 3.69. The van der Waals surface area contributed by atoms with E-state index in [-0.39, 0.29) is 0 Å². The zero-order valence-corrected chi connectivity index (χ0v) is 12.1. The molecule has 1 saturated heterocycles. The van der Waals surface area contributed by atoms with Crippen molar-refractivity contribution in [2.45, 2.75) is 32.7 Å². The fraction of sp³-hybridized carbons (Fsp3) is 0.600. The SMILES string of the molecule is CCC1CCCN(c2cc(Cl)ccc2CNC)C1. The van der Waals surface area contributed by atoms with Crippen LogP contribution in [-0.2, 0) is 6.54 Å². The number of hydrogen-bond acceptors (Lipinski definition) is 2. The fourth-order valence-electron chi connectivity index (χ4n) is 2.79. The van der Waals surface area contributed by atoms with Crippen molar-refractivity contribution < 1.29 is 0 Å². The number of anilines is 1. The quantitative estimate of drug-likeness (QED) is 0.894. The Bertz CT molecular complexity index is 392. The summed E-state index contributed by atoms with van der Waals surface area (Å²) in [6, 6.07) is 6.25. The van der Waals surface area contributed by atoms with Crippen LogP contribution >= 0.6 is 11.6 Å². The molecule has 100 valence electrons. The Morgan fingerprint density at radius 1 is 1.44 bits per heavy atom. The molecule has 1 unspecified atom stereocenters. The molecule has 1 N–H and O–H groups in total. The summed E-state index contributed by atoms with van der Waals surface area (Å²) in [4.78, 5) is 2.51. The van der Waals surface area contributed by atoms with Crippen LogP contribution in [-0.4, -0.2) is 20.1 Å². The molecule has 1 atom stereocenters. The molecule has 0 bridgehead atoms. The van der Waals surface area contributed by atoms with Gasteiger partial charge in [-0.05, 0) is 43.5 Å². The highest BCUT2D eigenvalue weighted by molar-refractivity contribution is 6.30. The highest BCUT2D eigenvalue weighted by Gasteiger charge is 2.20. The van der Waals surface area contributed by atoms with Crippen LogP contribution in [0.2, 0.25) is 5.02 Å². The smallest absolute Gasteiger partial charge is 0.0426 e. The first-order valence-electron chi connectivity index (χ1n) is 6.92. The molecule has 2 rings (SSSR count). The van der Waals surface area contributed by atoms with Crippen molar-refractivity contribution >= 4 is 17.3 Å². The second-order valence-corrected chi connectivity index (χ2v) is 5.60. The highest BCUT2D eigenvalue weighted by Crippen LogP contribution is 2.30. The lowest BCUT2D eigenvalue weighted by Gasteiger charge is -2.35. The number of rotatable bonds is 4. The summed E-state index contributed by atoms with van der Waals surface area (Å²) in [5.41, 5.74) is 2.66. The van der Waals surface area contributed by atoms with Crippen LogP contribution in [0, 0.1) is 5.92 Å². The minimum atomic E-state index is 0.833. The molecular weight excluding hydrogens is 244 g/mol. The minimum absolute atomic E-state index is 0.833. The topological polar surface area (TPSA) is 15.3 Å². The fourth-order valence-corrected chi connectivity index (χ4v) is 2.95. The van der Waals surface area contributed by atoms with E-state index in [1.54, 1.807) is 0 Å². The highest BCUT2D eigenvalue weighted by atomic mass is 35.5. The standard InChI is InChI=1S/C15H23ClN2/c1-3-12-5-4-8-18(11-12)15-9-14(16)7-6-13(15)10-17-2/h6-7,9,12,17H,3-5,8,10-11H2,1-2H3. The normalized spacial score (nSPS) is 20.2. The van der Waals surface area contributed by atoms with Gasteiger partial charge in [-0.2, -0.15) is 0 Å². The molecule has 1 aromatic carbocycles. The first-order chi connectivity index (χ1) is 8.74. The van der Waals surface area contributed by atoms with E-state index < -0.39 is 0 Å². The minimum Gasteiger partial charge on any atom is -0.371 e. The van der Waals surface area contributed by atoms with Gasteiger partial charge in [-0.15, -0.1) is 0 Å².